The SMILES string of the molecule is CCN1Cc2cn[nH]c2-c2ccc(-c3ccncc3F)cc21. The second-order valence-electron chi connectivity index (χ2n) is 5.37. The Balaban J connectivity index is 1.89. The molecular formula is C17H15FN4. The van der Waals surface area contributed by atoms with Gasteiger partial charge in [-0.05, 0) is 24.6 Å². The molecule has 4 rings (SSSR count). The van der Waals surface area contributed by atoms with E-state index in [0.717, 1.165) is 35.6 Å². The number of fused-ring (bicyclic) bond motifs is 3. The summed E-state index contributed by atoms with van der Waals surface area (Å²) in [7, 11) is 0. The molecule has 0 aliphatic carbocycles. The minimum atomic E-state index is -0.302. The third kappa shape index (κ3) is 1.89. The first-order valence-electron chi connectivity index (χ1n) is 7.29. The molecule has 22 heavy (non-hydrogen) atoms. The number of nitrogens with one attached hydrogen (secondary N) is 1. The maximum absolute atomic E-state index is 14.0. The maximum Gasteiger partial charge on any atom is 0.149 e. The van der Waals surface area contributed by atoms with E-state index in [1.165, 1.54) is 11.8 Å². The number of nitrogens with zero attached hydrogens (tertiary/aromatic N) is 3. The van der Waals surface area contributed by atoms with Crippen molar-refractivity contribution < 1.29 is 4.39 Å². The average molecular weight is 294 g/mol. The van der Waals surface area contributed by atoms with Crippen LogP contribution in [0.2, 0.25) is 0 Å². The lowest BCUT2D eigenvalue weighted by Gasteiger charge is -2.30. The molecule has 0 saturated carbocycles. The summed E-state index contributed by atoms with van der Waals surface area (Å²) in [6.45, 7) is 3.83. The Hall–Kier alpha value is -2.69. The number of aromatic amines is 1. The first-order chi connectivity index (χ1) is 10.8. The van der Waals surface area contributed by atoms with E-state index in [4.69, 9.17) is 0 Å². The average Bonchev–Trinajstić information content (AvgIpc) is 3.02. The van der Waals surface area contributed by atoms with Gasteiger partial charge < -0.3 is 4.90 Å². The van der Waals surface area contributed by atoms with Gasteiger partial charge in [0.05, 0.1) is 18.1 Å². The second kappa shape index (κ2) is 4.94. The zero-order chi connectivity index (χ0) is 15.1. The molecule has 0 bridgehead atoms. The summed E-state index contributed by atoms with van der Waals surface area (Å²) in [5.74, 6) is -0.302. The number of aromatic nitrogens is 3. The molecular weight excluding hydrogens is 279 g/mol. The molecule has 0 spiro atoms. The summed E-state index contributed by atoms with van der Waals surface area (Å²) in [5, 5.41) is 7.21. The van der Waals surface area contributed by atoms with Crippen molar-refractivity contribution in [2.75, 3.05) is 11.4 Å². The van der Waals surface area contributed by atoms with Crippen molar-refractivity contribution >= 4 is 5.69 Å². The van der Waals surface area contributed by atoms with Gasteiger partial charge in [0.25, 0.3) is 0 Å². The van der Waals surface area contributed by atoms with E-state index >= 15 is 0 Å². The third-order valence-corrected chi connectivity index (χ3v) is 4.15. The van der Waals surface area contributed by atoms with E-state index in [1.807, 2.05) is 24.4 Å². The number of rotatable bonds is 2. The summed E-state index contributed by atoms with van der Waals surface area (Å²) in [5.41, 5.74) is 5.90. The Labute approximate surface area is 127 Å². The Morgan fingerprint density at radius 2 is 2.14 bits per heavy atom. The number of halogens is 1. The van der Waals surface area contributed by atoms with Gasteiger partial charge in [0.2, 0.25) is 0 Å². The lowest BCUT2D eigenvalue weighted by atomic mass is 9.96. The molecule has 1 aliphatic heterocycles. The van der Waals surface area contributed by atoms with Crippen molar-refractivity contribution in [1.82, 2.24) is 15.2 Å². The largest absolute Gasteiger partial charge is 0.367 e. The molecule has 0 saturated heterocycles. The van der Waals surface area contributed by atoms with Gasteiger partial charge in [0.15, 0.2) is 0 Å². The lowest BCUT2D eigenvalue weighted by molar-refractivity contribution is 0.625. The van der Waals surface area contributed by atoms with Crippen molar-refractivity contribution in [3.63, 3.8) is 0 Å². The fourth-order valence-corrected chi connectivity index (χ4v) is 3.02. The molecule has 0 unspecified atom stereocenters. The van der Waals surface area contributed by atoms with Crippen molar-refractivity contribution in [2.24, 2.45) is 0 Å². The molecule has 1 N–H and O–H groups in total. The smallest absolute Gasteiger partial charge is 0.149 e. The van der Waals surface area contributed by atoms with Gasteiger partial charge in [-0.25, -0.2) is 4.39 Å². The number of hydrogen-bond donors (Lipinski definition) is 1. The predicted octanol–water partition coefficient (Wildman–Crippen LogP) is 3.62. The van der Waals surface area contributed by atoms with Crippen LogP contribution >= 0.6 is 0 Å². The minimum absolute atomic E-state index is 0.302. The molecule has 5 heteroatoms. The molecule has 3 aromatic rings. The van der Waals surface area contributed by atoms with Crippen molar-refractivity contribution in [3.05, 3.63) is 54.2 Å². The molecule has 2 aromatic heterocycles. The molecule has 0 amide bonds. The van der Waals surface area contributed by atoms with Crippen LogP contribution in [0.25, 0.3) is 22.4 Å². The van der Waals surface area contributed by atoms with E-state index < -0.39 is 0 Å². The monoisotopic (exact) mass is 294 g/mol. The zero-order valence-electron chi connectivity index (χ0n) is 12.2. The van der Waals surface area contributed by atoms with E-state index in [2.05, 4.69) is 27.0 Å². The summed E-state index contributed by atoms with van der Waals surface area (Å²) in [6, 6.07) is 7.73. The second-order valence-corrected chi connectivity index (χ2v) is 5.37. The highest BCUT2D eigenvalue weighted by Gasteiger charge is 2.23. The number of pyridine rings is 1. The molecule has 0 radical (unpaired) electrons. The van der Waals surface area contributed by atoms with Crippen LogP contribution in [0.5, 0.6) is 0 Å². The maximum atomic E-state index is 14.0. The van der Waals surface area contributed by atoms with Gasteiger partial charge in [-0.3, -0.25) is 10.1 Å². The normalized spacial score (nSPS) is 12.9. The van der Waals surface area contributed by atoms with Crippen LogP contribution < -0.4 is 4.90 Å². The molecule has 1 aliphatic rings. The van der Waals surface area contributed by atoms with Crippen LogP contribution in [0, 0.1) is 5.82 Å². The Kier molecular flexibility index (Phi) is 2.92. The predicted molar refractivity (Wildman–Crippen MR) is 83.9 cm³/mol. The first-order valence-corrected chi connectivity index (χ1v) is 7.29. The van der Waals surface area contributed by atoms with Gasteiger partial charge in [-0.15, -0.1) is 0 Å². The van der Waals surface area contributed by atoms with Gasteiger partial charge in [0, 0.05) is 41.7 Å². The number of H-pyrrole nitrogens is 1. The van der Waals surface area contributed by atoms with Crippen LogP contribution in [-0.2, 0) is 6.54 Å². The summed E-state index contributed by atoms with van der Waals surface area (Å²) in [6.07, 6.45) is 4.74. The molecule has 3 heterocycles. The van der Waals surface area contributed by atoms with Gasteiger partial charge in [-0.1, -0.05) is 12.1 Å². The van der Waals surface area contributed by atoms with E-state index in [0.29, 0.717) is 5.56 Å². The molecule has 4 nitrogen and oxygen atoms in total. The highest BCUT2D eigenvalue weighted by molar-refractivity contribution is 5.85. The summed E-state index contributed by atoms with van der Waals surface area (Å²) in [4.78, 5) is 6.09. The molecule has 0 atom stereocenters. The first kappa shape index (κ1) is 13.0. The fraction of sp³-hybridized carbons (Fsp3) is 0.176. The lowest BCUT2D eigenvalue weighted by Crippen LogP contribution is -2.25. The van der Waals surface area contributed by atoms with E-state index in [-0.39, 0.29) is 5.82 Å². The Morgan fingerprint density at radius 3 is 2.95 bits per heavy atom. The van der Waals surface area contributed by atoms with Crippen LogP contribution in [-0.4, -0.2) is 21.7 Å². The van der Waals surface area contributed by atoms with Gasteiger partial charge >= 0.3 is 0 Å². The van der Waals surface area contributed by atoms with Crippen LogP contribution in [0.4, 0.5) is 10.1 Å². The fourth-order valence-electron chi connectivity index (χ4n) is 3.02. The van der Waals surface area contributed by atoms with Crippen LogP contribution in [0.1, 0.15) is 12.5 Å². The highest BCUT2D eigenvalue weighted by atomic mass is 19.1. The van der Waals surface area contributed by atoms with Crippen molar-refractivity contribution in [1.29, 1.82) is 0 Å². The quantitative estimate of drug-likeness (QED) is 0.785. The van der Waals surface area contributed by atoms with Gasteiger partial charge in [0.1, 0.15) is 5.82 Å². The summed E-state index contributed by atoms with van der Waals surface area (Å²) >= 11 is 0. The van der Waals surface area contributed by atoms with Crippen molar-refractivity contribution in [3.8, 4) is 22.4 Å². The topological polar surface area (TPSA) is 44.8 Å². The highest BCUT2D eigenvalue weighted by Crippen LogP contribution is 2.40. The molecule has 0 fully saturated rings. The number of hydrogen-bond acceptors (Lipinski definition) is 3. The van der Waals surface area contributed by atoms with E-state index in [9.17, 15) is 4.39 Å². The summed E-state index contributed by atoms with van der Waals surface area (Å²) < 4.78 is 14.0. The van der Waals surface area contributed by atoms with Gasteiger partial charge in [-0.2, -0.15) is 5.10 Å². The number of anilines is 1. The Bertz CT molecular complexity index is 840. The zero-order valence-corrected chi connectivity index (χ0v) is 12.2. The number of benzene rings is 1. The standard InChI is InChI=1S/C17H15FN4/c1-2-22-10-12-8-20-21-17(12)14-4-3-11(7-16(14)22)13-5-6-19-9-15(13)18/h3-9H,2,10H2,1H3,(H,20,21). The van der Waals surface area contributed by atoms with Crippen molar-refractivity contribution in [2.45, 2.75) is 13.5 Å². The molecule has 110 valence electrons. The Morgan fingerprint density at radius 1 is 1.23 bits per heavy atom. The minimum Gasteiger partial charge on any atom is -0.367 e. The van der Waals surface area contributed by atoms with Crippen LogP contribution in [0.3, 0.4) is 0 Å². The third-order valence-electron chi connectivity index (χ3n) is 4.15. The van der Waals surface area contributed by atoms with E-state index in [1.54, 1.807) is 12.3 Å². The molecule has 1 aromatic carbocycles. The van der Waals surface area contributed by atoms with Crippen LogP contribution in [0.15, 0.2) is 42.9 Å².